The number of amides is 1. The van der Waals surface area contributed by atoms with Gasteiger partial charge in [-0.15, -0.1) is 0 Å². The number of benzene rings is 2. The van der Waals surface area contributed by atoms with Crippen LogP contribution in [0.25, 0.3) is 11.0 Å². The average molecular weight is 418 g/mol. The van der Waals surface area contributed by atoms with Crippen molar-refractivity contribution in [2.75, 3.05) is 19.0 Å². The maximum atomic E-state index is 13.3. The lowest BCUT2D eigenvalue weighted by Gasteiger charge is -2.19. The van der Waals surface area contributed by atoms with Gasteiger partial charge < -0.3 is 10.2 Å². The van der Waals surface area contributed by atoms with Gasteiger partial charge in [-0.1, -0.05) is 24.3 Å². The zero-order valence-electron chi connectivity index (χ0n) is 16.7. The Kier molecular flexibility index (Phi) is 5.82. The van der Waals surface area contributed by atoms with Gasteiger partial charge in [-0.3, -0.25) is 14.2 Å². The molecule has 1 atom stereocenters. The van der Waals surface area contributed by atoms with Crippen LogP contribution in [-0.2, 0) is 17.5 Å². The van der Waals surface area contributed by atoms with E-state index in [1.54, 1.807) is 6.07 Å². The van der Waals surface area contributed by atoms with Crippen molar-refractivity contribution in [1.29, 1.82) is 0 Å². The van der Waals surface area contributed by atoms with Crippen LogP contribution in [0.1, 0.15) is 24.2 Å². The second-order valence-corrected chi connectivity index (χ2v) is 7.08. The highest BCUT2D eigenvalue weighted by molar-refractivity contribution is 5.83. The summed E-state index contributed by atoms with van der Waals surface area (Å²) in [7, 11) is 3.81. The first-order valence-electron chi connectivity index (χ1n) is 9.22. The first-order chi connectivity index (χ1) is 14.1. The van der Waals surface area contributed by atoms with E-state index in [2.05, 4.69) is 10.3 Å². The molecule has 1 N–H and O–H groups in total. The summed E-state index contributed by atoms with van der Waals surface area (Å²) < 4.78 is 40.7. The summed E-state index contributed by atoms with van der Waals surface area (Å²) in [5, 5.41) is 2.68. The molecule has 0 radical (unpaired) electrons. The van der Waals surface area contributed by atoms with Crippen LogP contribution in [0.5, 0.6) is 0 Å². The number of fused-ring (bicyclic) bond motifs is 1. The summed E-state index contributed by atoms with van der Waals surface area (Å²) in [6.45, 7) is 1.57. The zero-order chi connectivity index (χ0) is 22.1. The SMILES string of the molecule is C[C@@H](C(=O)NCc1ccc(N(C)C)cc1)n1c(=O)c(C(F)(F)F)nc2ccccc21. The van der Waals surface area contributed by atoms with E-state index in [0.717, 1.165) is 15.8 Å². The molecule has 0 aliphatic carbocycles. The summed E-state index contributed by atoms with van der Waals surface area (Å²) >= 11 is 0. The standard InChI is InChI=1S/C21H21F3N4O2/c1-13(19(29)25-12-14-8-10-15(11-9-14)27(2)3)28-17-7-5-4-6-16(17)26-18(20(28)30)21(22,23)24/h4-11,13H,12H2,1-3H3,(H,25,29)/t13-/m0/s1. The number of hydrogen-bond donors (Lipinski definition) is 1. The number of carbonyl (C=O) groups excluding carboxylic acids is 1. The Morgan fingerprint density at radius 1 is 1.13 bits per heavy atom. The van der Waals surface area contributed by atoms with Crippen molar-refractivity contribution in [1.82, 2.24) is 14.9 Å². The molecule has 1 amide bonds. The quantitative estimate of drug-likeness (QED) is 0.690. The molecule has 0 saturated carbocycles. The molecule has 0 fully saturated rings. The number of anilines is 1. The van der Waals surface area contributed by atoms with E-state index in [1.165, 1.54) is 25.1 Å². The number of carbonyl (C=O) groups is 1. The molecule has 3 aromatic rings. The number of rotatable bonds is 5. The van der Waals surface area contributed by atoms with Gasteiger partial charge in [0.15, 0.2) is 0 Å². The Labute approximate surface area is 171 Å². The first kappa shape index (κ1) is 21.4. The molecule has 3 rings (SSSR count). The van der Waals surface area contributed by atoms with Crippen molar-refractivity contribution < 1.29 is 18.0 Å². The van der Waals surface area contributed by atoms with Gasteiger partial charge in [0.1, 0.15) is 6.04 Å². The Bertz CT molecular complexity index is 1120. The number of halogens is 3. The van der Waals surface area contributed by atoms with Crippen molar-refractivity contribution in [3.05, 3.63) is 70.1 Å². The van der Waals surface area contributed by atoms with Crippen LogP contribution in [0.4, 0.5) is 18.9 Å². The van der Waals surface area contributed by atoms with Crippen LogP contribution in [0.2, 0.25) is 0 Å². The van der Waals surface area contributed by atoms with Crippen molar-refractivity contribution in [2.24, 2.45) is 0 Å². The maximum Gasteiger partial charge on any atom is 0.438 e. The molecule has 0 unspecified atom stereocenters. The van der Waals surface area contributed by atoms with Gasteiger partial charge in [0, 0.05) is 26.3 Å². The molecule has 1 aromatic heterocycles. The fourth-order valence-electron chi connectivity index (χ4n) is 3.09. The number of alkyl halides is 3. The number of nitrogens with one attached hydrogen (secondary N) is 1. The molecule has 9 heteroatoms. The van der Waals surface area contributed by atoms with E-state index in [9.17, 15) is 22.8 Å². The minimum Gasteiger partial charge on any atom is -0.378 e. The van der Waals surface area contributed by atoms with E-state index in [-0.39, 0.29) is 17.6 Å². The monoisotopic (exact) mass is 418 g/mol. The van der Waals surface area contributed by atoms with Crippen molar-refractivity contribution in [3.8, 4) is 0 Å². The molecule has 0 bridgehead atoms. The molecular formula is C21H21F3N4O2. The lowest BCUT2D eigenvalue weighted by molar-refractivity contribution is -0.142. The van der Waals surface area contributed by atoms with Crippen LogP contribution in [0.3, 0.4) is 0 Å². The molecule has 6 nitrogen and oxygen atoms in total. The minimum absolute atomic E-state index is 0.0108. The first-order valence-corrected chi connectivity index (χ1v) is 9.22. The van der Waals surface area contributed by atoms with Crippen LogP contribution in [0.15, 0.2) is 53.3 Å². The third-order valence-electron chi connectivity index (χ3n) is 4.75. The molecule has 2 aromatic carbocycles. The highest BCUT2D eigenvalue weighted by atomic mass is 19.4. The van der Waals surface area contributed by atoms with Crippen molar-refractivity contribution in [2.45, 2.75) is 25.7 Å². The van der Waals surface area contributed by atoms with Gasteiger partial charge in [-0.25, -0.2) is 4.98 Å². The van der Waals surface area contributed by atoms with Gasteiger partial charge in [0.05, 0.1) is 11.0 Å². The van der Waals surface area contributed by atoms with Gasteiger partial charge in [0.2, 0.25) is 11.6 Å². The van der Waals surface area contributed by atoms with Crippen LogP contribution in [0, 0.1) is 0 Å². The third kappa shape index (κ3) is 4.29. The zero-order valence-corrected chi connectivity index (χ0v) is 16.7. The minimum atomic E-state index is -4.92. The van der Waals surface area contributed by atoms with E-state index < -0.39 is 29.4 Å². The second kappa shape index (κ2) is 8.17. The third-order valence-corrected chi connectivity index (χ3v) is 4.75. The number of nitrogens with zero attached hydrogens (tertiary/aromatic N) is 3. The number of aromatic nitrogens is 2. The van der Waals surface area contributed by atoms with Gasteiger partial charge >= 0.3 is 6.18 Å². The smallest absolute Gasteiger partial charge is 0.378 e. The molecule has 158 valence electrons. The average Bonchev–Trinajstić information content (AvgIpc) is 2.70. The molecule has 0 aliphatic rings. The lowest BCUT2D eigenvalue weighted by Crippen LogP contribution is -2.38. The van der Waals surface area contributed by atoms with Crippen LogP contribution >= 0.6 is 0 Å². The second-order valence-electron chi connectivity index (χ2n) is 7.08. The highest BCUT2D eigenvalue weighted by Crippen LogP contribution is 2.27. The van der Waals surface area contributed by atoms with E-state index >= 15 is 0 Å². The van der Waals surface area contributed by atoms with Crippen molar-refractivity contribution >= 4 is 22.6 Å². The molecule has 0 saturated heterocycles. The Hall–Kier alpha value is -3.36. The summed E-state index contributed by atoms with van der Waals surface area (Å²) in [5.41, 5.74) is -0.923. The molecule has 0 spiro atoms. The van der Waals surface area contributed by atoms with Crippen molar-refractivity contribution in [3.63, 3.8) is 0 Å². The van der Waals surface area contributed by atoms with Crippen LogP contribution < -0.4 is 15.8 Å². The molecule has 1 heterocycles. The summed E-state index contributed by atoms with van der Waals surface area (Å²) in [6.07, 6.45) is -4.92. The summed E-state index contributed by atoms with van der Waals surface area (Å²) in [6, 6.07) is 12.2. The Morgan fingerprint density at radius 3 is 2.37 bits per heavy atom. The summed E-state index contributed by atoms with van der Waals surface area (Å²) in [5.74, 6) is -0.571. The Morgan fingerprint density at radius 2 is 1.77 bits per heavy atom. The highest BCUT2D eigenvalue weighted by Gasteiger charge is 2.38. The van der Waals surface area contributed by atoms with E-state index in [4.69, 9.17) is 0 Å². The maximum absolute atomic E-state index is 13.3. The summed E-state index contributed by atoms with van der Waals surface area (Å²) in [4.78, 5) is 30.6. The van der Waals surface area contributed by atoms with E-state index in [1.807, 2.05) is 43.3 Å². The number of hydrogen-bond acceptors (Lipinski definition) is 4. The Balaban J connectivity index is 1.90. The predicted octanol–water partition coefficient (Wildman–Crippen LogP) is 3.36. The number of para-hydroxylation sites is 2. The molecule has 30 heavy (non-hydrogen) atoms. The fourth-order valence-corrected chi connectivity index (χ4v) is 3.09. The molecular weight excluding hydrogens is 397 g/mol. The normalized spacial score (nSPS) is 12.6. The lowest BCUT2D eigenvalue weighted by atomic mass is 10.2. The molecule has 0 aliphatic heterocycles. The van der Waals surface area contributed by atoms with E-state index in [0.29, 0.717) is 0 Å². The van der Waals surface area contributed by atoms with Gasteiger partial charge in [0.25, 0.3) is 5.56 Å². The van der Waals surface area contributed by atoms with Gasteiger partial charge in [-0.05, 0) is 36.8 Å². The largest absolute Gasteiger partial charge is 0.438 e. The van der Waals surface area contributed by atoms with Crippen LogP contribution in [-0.4, -0.2) is 29.6 Å². The fraction of sp³-hybridized carbons (Fsp3) is 0.286. The predicted molar refractivity (Wildman–Crippen MR) is 108 cm³/mol. The topological polar surface area (TPSA) is 67.2 Å². The van der Waals surface area contributed by atoms with Gasteiger partial charge in [-0.2, -0.15) is 13.2 Å².